The lowest BCUT2D eigenvalue weighted by molar-refractivity contribution is -0.385. The summed E-state index contributed by atoms with van der Waals surface area (Å²) in [6.07, 6.45) is 0.515. The van der Waals surface area contributed by atoms with Crippen LogP contribution in [0.4, 0.5) is 11.4 Å². The summed E-state index contributed by atoms with van der Waals surface area (Å²) >= 11 is 0. The van der Waals surface area contributed by atoms with Gasteiger partial charge in [-0.2, -0.15) is 0 Å². The minimum Gasteiger partial charge on any atom is -0.370 e. The first-order chi connectivity index (χ1) is 10.0. The predicted molar refractivity (Wildman–Crippen MR) is 81.8 cm³/mol. The average Bonchev–Trinajstić information content (AvgIpc) is 2.48. The molecular formula is C16H16N2O3. The molecule has 0 bridgehead atoms. The molecule has 2 rings (SSSR count). The molecule has 2 aromatic rings. The van der Waals surface area contributed by atoms with Crippen molar-refractivity contribution in [2.24, 2.45) is 0 Å². The van der Waals surface area contributed by atoms with E-state index in [1.54, 1.807) is 12.1 Å². The third-order valence-corrected chi connectivity index (χ3v) is 3.32. The summed E-state index contributed by atoms with van der Waals surface area (Å²) in [5.41, 5.74) is 3.02. The van der Waals surface area contributed by atoms with Crippen LogP contribution in [0, 0.1) is 17.0 Å². The second-order valence-electron chi connectivity index (χ2n) is 4.96. The summed E-state index contributed by atoms with van der Waals surface area (Å²) in [4.78, 5) is 23.2. The van der Waals surface area contributed by atoms with Crippen molar-refractivity contribution in [2.75, 3.05) is 11.9 Å². The minimum atomic E-state index is -0.548. The molecule has 0 amide bonds. The zero-order valence-electron chi connectivity index (χ0n) is 11.9. The van der Waals surface area contributed by atoms with Crippen LogP contribution in [-0.4, -0.2) is 18.3 Å². The summed E-state index contributed by atoms with van der Waals surface area (Å²) in [6, 6.07) is 12.7. The maximum Gasteiger partial charge on any atom is 0.280 e. The van der Waals surface area contributed by atoms with E-state index in [0.717, 1.165) is 11.3 Å². The SMILES string of the molecule is Cc1ccc(CN(C)c2ccc([N+](=O)[O-])c(C=O)c2)cc1. The standard InChI is InChI=1S/C16H16N2O3/c1-12-3-5-13(6-4-12)10-17(2)15-7-8-16(18(20)21)14(9-15)11-19/h3-9,11H,10H2,1-2H3. The average molecular weight is 284 g/mol. The highest BCUT2D eigenvalue weighted by Gasteiger charge is 2.14. The number of carbonyl (C=O) groups excluding carboxylic acids is 1. The third kappa shape index (κ3) is 3.45. The fourth-order valence-corrected chi connectivity index (χ4v) is 2.10. The lowest BCUT2D eigenvalue weighted by atomic mass is 10.1. The van der Waals surface area contributed by atoms with E-state index < -0.39 is 4.92 Å². The quantitative estimate of drug-likeness (QED) is 0.480. The maximum absolute atomic E-state index is 11.0. The van der Waals surface area contributed by atoms with Gasteiger partial charge in [0, 0.05) is 25.3 Å². The van der Waals surface area contributed by atoms with Crippen molar-refractivity contribution in [1.82, 2.24) is 0 Å². The molecule has 0 radical (unpaired) electrons. The number of hydrogen-bond acceptors (Lipinski definition) is 4. The van der Waals surface area contributed by atoms with Crippen LogP contribution in [0.5, 0.6) is 0 Å². The zero-order chi connectivity index (χ0) is 15.4. The van der Waals surface area contributed by atoms with Gasteiger partial charge in [-0.1, -0.05) is 29.8 Å². The molecular weight excluding hydrogens is 268 g/mol. The van der Waals surface area contributed by atoms with Crippen LogP contribution in [0.25, 0.3) is 0 Å². The lowest BCUT2D eigenvalue weighted by Gasteiger charge is -2.19. The molecule has 0 atom stereocenters. The number of aldehydes is 1. The van der Waals surface area contributed by atoms with Crippen molar-refractivity contribution in [3.63, 3.8) is 0 Å². The Morgan fingerprint density at radius 1 is 1.19 bits per heavy atom. The molecule has 0 heterocycles. The Labute approximate surface area is 123 Å². The van der Waals surface area contributed by atoms with E-state index in [4.69, 9.17) is 0 Å². The number of nitrogens with zero attached hydrogens (tertiary/aromatic N) is 2. The van der Waals surface area contributed by atoms with Crippen LogP contribution in [0.1, 0.15) is 21.5 Å². The number of anilines is 1. The molecule has 2 aromatic carbocycles. The van der Waals surface area contributed by atoms with Gasteiger partial charge in [-0.25, -0.2) is 0 Å². The van der Waals surface area contributed by atoms with Crippen LogP contribution in [0.3, 0.4) is 0 Å². The molecule has 0 aliphatic carbocycles. The summed E-state index contributed by atoms with van der Waals surface area (Å²) < 4.78 is 0. The summed E-state index contributed by atoms with van der Waals surface area (Å²) in [6.45, 7) is 2.69. The second kappa shape index (κ2) is 6.17. The second-order valence-corrected chi connectivity index (χ2v) is 4.96. The zero-order valence-corrected chi connectivity index (χ0v) is 11.9. The fourth-order valence-electron chi connectivity index (χ4n) is 2.10. The van der Waals surface area contributed by atoms with E-state index in [1.807, 2.05) is 43.1 Å². The topological polar surface area (TPSA) is 63.4 Å². The Bertz CT molecular complexity index is 666. The van der Waals surface area contributed by atoms with Gasteiger partial charge in [-0.15, -0.1) is 0 Å². The van der Waals surface area contributed by atoms with Gasteiger partial charge in [0.1, 0.15) is 0 Å². The third-order valence-electron chi connectivity index (χ3n) is 3.32. The van der Waals surface area contributed by atoms with Gasteiger partial charge in [-0.05, 0) is 24.6 Å². The monoisotopic (exact) mass is 284 g/mol. The largest absolute Gasteiger partial charge is 0.370 e. The van der Waals surface area contributed by atoms with Crippen molar-refractivity contribution in [3.8, 4) is 0 Å². The molecule has 0 saturated heterocycles. The smallest absolute Gasteiger partial charge is 0.280 e. The molecule has 0 aliphatic rings. The van der Waals surface area contributed by atoms with Crippen molar-refractivity contribution in [2.45, 2.75) is 13.5 Å². The van der Waals surface area contributed by atoms with Gasteiger partial charge in [0.15, 0.2) is 6.29 Å². The first kappa shape index (κ1) is 14.7. The lowest BCUT2D eigenvalue weighted by Crippen LogP contribution is -2.16. The van der Waals surface area contributed by atoms with E-state index in [9.17, 15) is 14.9 Å². The molecule has 0 spiro atoms. The van der Waals surface area contributed by atoms with Crippen molar-refractivity contribution in [3.05, 3.63) is 69.3 Å². The van der Waals surface area contributed by atoms with Gasteiger partial charge < -0.3 is 4.90 Å². The van der Waals surface area contributed by atoms with E-state index in [2.05, 4.69) is 0 Å². The van der Waals surface area contributed by atoms with Crippen molar-refractivity contribution < 1.29 is 9.72 Å². The van der Waals surface area contributed by atoms with Crippen LogP contribution in [-0.2, 0) is 6.54 Å². The van der Waals surface area contributed by atoms with Crippen LogP contribution in [0.15, 0.2) is 42.5 Å². The molecule has 108 valence electrons. The Morgan fingerprint density at radius 3 is 2.43 bits per heavy atom. The number of benzene rings is 2. The van der Waals surface area contributed by atoms with E-state index in [0.29, 0.717) is 12.8 Å². The summed E-state index contributed by atoms with van der Waals surface area (Å²) in [5.74, 6) is 0. The van der Waals surface area contributed by atoms with E-state index in [1.165, 1.54) is 11.6 Å². The molecule has 0 unspecified atom stereocenters. The van der Waals surface area contributed by atoms with Gasteiger partial charge in [0.25, 0.3) is 5.69 Å². The van der Waals surface area contributed by atoms with Gasteiger partial charge in [-0.3, -0.25) is 14.9 Å². The maximum atomic E-state index is 11.0. The van der Waals surface area contributed by atoms with Crippen LogP contribution < -0.4 is 4.90 Å². The minimum absolute atomic E-state index is 0.0910. The van der Waals surface area contributed by atoms with Crippen molar-refractivity contribution >= 4 is 17.7 Å². The molecule has 5 nitrogen and oxygen atoms in total. The molecule has 0 fully saturated rings. The van der Waals surface area contributed by atoms with E-state index >= 15 is 0 Å². The number of rotatable bonds is 5. The Kier molecular flexibility index (Phi) is 4.33. The highest BCUT2D eigenvalue weighted by molar-refractivity contribution is 5.83. The molecule has 5 heteroatoms. The molecule has 0 N–H and O–H groups in total. The molecule has 0 aromatic heterocycles. The Balaban J connectivity index is 2.23. The molecule has 21 heavy (non-hydrogen) atoms. The van der Waals surface area contributed by atoms with Gasteiger partial charge in [0.2, 0.25) is 0 Å². The number of hydrogen-bond donors (Lipinski definition) is 0. The first-order valence-corrected chi connectivity index (χ1v) is 6.51. The molecule has 0 saturated carbocycles. The highest BCUT2D eigenvalue weighted by Crippen LogP contribution is 2.24. The van der Waals surface area contributed by atoms with Gasteiger partial charge in [0.05, 0.1) is 10.5 Å². The predicted octanol–water partition coefficient (Wildman–Crippen LogP) is 3.35. The summed E-state index contributed by atoms with van der Waals surface area (Å²) in [5, 5.41) is 10.8. The summed E-state index contributed by atoms with van der Waals surface area (Å²) in [7, 11) is 1.88. The number of aryl methyl sites for hydroxylation is 1. The normalized spacial score (nSPS) is 10.2. The Morgan fingerprint density at radius 2 is 1.86 bits per heavy atom. The van der Waals surface area contributed by atoms with Crippen molar-refractivity contribution in [1.29, 1.82) is 0 Å². The Hall–Kier alpha value is -2.69. The first-order valence-electron chi connectivity index (χ1n) is 6.51. The van der Waals surface area contributed by atoms with Crippen LogP contribution >= 0.6 is 0 Å². The van der Waals surface area contributed by atoms with Crippen LogP contribution in [0.2, 0.25) is 0 Å². The number of nitro groups is 1. The number of nitro benzene ring substituents is 1. The highest BCUT2D eigenvalue weighted by atomic mass is 16.6. The number of carbonyl (C=O) groups is 1. The van der Waals surface area contributed by atoms with E-state index in [-0.39, 0.29) is 11.3 Å². The molecule has 0 aliphatic heterocycles. The fraction of sp³-hybridized carbons (Fsp3) is 0.188. The van der Waals surface area contributed by atoms with Gasteiger partial charge >= 0.3 is 0 Å².